The van der Waals surface area contributed by atoms with Gasteiger partial charge < -0.3 is 5.32 Å². The zero-order chi connectivity index (χ0) is 16.4. The lowest BCUT2D eigenvalue weighted by Crippen LogP contribution is -2.28. The maximum Gasteiger partial charge on any atom is 0.230 e. The minimum atomic E-state index is 0.0770. The van der Waals surface area contributed by atoms with Crippen LogP contribution >= 0.6 is 23.1 Å². The van der Waals surface area contributed by atoms with Crippen molar-refractivity contribution in [2.24, 2.45) is 11.8 Å². The van der Waals surface area contributed by atoms with E-state index in [1.807, 2.05) is 0 Å². The molecule has 0 aromatic carbocycles. The maximum atomic E-state index is 12.0. The van der Waals surface area contributed by atoms with Gasteiger partial charge in [-0.3, -0.25) is 4.79 Å². The molecule has 124 valence electrons. The van der Waals surface area contributed by atoms with E-state index in [9.17, 15) is 4.79 Å². The van der Waals surface area contributed by atoms with Gasteiger partial charge in [-0.25, -0.2) is 9.97 Å². The second-order valence-corrected chi connectivity index (χ2v) is 8.75. The fraction of sp³-hybridized carbons (Fsp3) is 0.588. The largest absolute Gasteiger partial charge is 0.355 e. The van der Waals surface area contributed by atoms with E-state index in [4.69, 9.17) is 0 Å². The Labute approximate surface area is 145 Å². The molecule has 0 saturated heterocycles. The number of aryl methyl sites for hydroxylation is 1. The van der Waals surface area contributed by atoms with Crippen LogP contribution in [0.25, 0.3) is 10.2 Å². The maximum absolute atomic E-state index is 12.0. The van der Waals surface area contributed by atoms with E-state index in [0.29, 0.717) is 11.7 Å². The molecule has 1 aliphatic rings. The summed E-state index contributed by atoms with van der Waals surface area (Å²) in [4.78, 5) is 23.4. The van der Waals surface area contributed by atoms with E-state index in [-0.39, 0.29) is 5.91 Å². The first-order valence-corrected chi connectivity index (χ1v) is 9.99. The molecule has 1 aliphatic carbocycles. The Morgan fingerprint density at radius 1 is 1.48 bits per heavy atom. The summed E-state index contributed by atoms with van der Waals surface area (Å²) in [5.41, 5.74) is 1.42. The molecular weight excluding hydrogens is 326 g/mol. The molecule has 0 spiro atoms. The molecule has 0 bridgehead atoms. The lowest BCUT2D eigenvalue weighted by Gasteiger charge is -2.18. The summed E-state index contributed by atoms with van der Waals surface area (Å²) in [6, 6.07) is 0. The molecule has 0 unspecified atom stereocenters. The molecule has 1 N–H and O–H groups in total. The summed E-state index contributed by atoms with van der Waals surface area (Å²) in [5.74, 6) is 1.72. The number of rotatable bonds is 5. The SMILES string of the molecule is CC(C)CNC(=O)CSc1ncnc2sc3c(c12)CC[C@H](C)C3. The lowest BCUT2D eigenvalue weighted by molar-refractivity contribution is -0.118. The third kappa shape index (κ3) is 3.86. The Kier molecular flexibility index (Phi) is 5.21. The number of thiophene rings is 1. The predicted octanol–water partition coefficient (Wildman–Crippen LogP) is 3.68. The van der Waals surface area contributed by atoms with Crippen molar-refractivity contribution >= 4 is 39.2 Å². The summed E-state index contributed by atoms with van der Waals surface area (Å²) in [6.45, 7) is 7.23. The average Bonchev–Trinajstić information content (AvgIpc) is 2.88. The van der Waals surface area contributed by atoms with Crippen LogP contribution in [0.2, 0.25) is 0 Å². The highest BCUT2D eigenvalue weighted by Gasteiger charge is 2.23. The van der Waals surface area contributed by atoms with Crippen molar-refractivity contribution < 1.29 is 4.79 Å². The van der Waals surface area contributed by atoms with Crippen molar-refractivity contribution in [3.05, 3.63) is 16.8 Å². The number of carbonyl (C=O) groups excluding carboxylic acids is 1. The van der Waals surface area contributed by atoms with Crippen LogP contribution in [-0.4, -0.2) is 28.2 Å². The molecule has 4 nitrogen and oxygen atoms in total. The van der Waals surface area contributed by atoms with E-state index in [1.165, 1.54) is 34.0 Å². The zero-order valence-electron chi connectivity index (χ0n) is 13.9. The Morgan fingerprint density at radius 3 is 3.09 bits per heavy atom. The number of aromatic nitrogens is 2. The Bertz CT molecular complexity index is 711. The van der Waals surface area contributed by atoms with E-state index in [0.717, 1.165) is 35.2 Å². The monoisotopic (exact) mass is 349 g/mol. The molecule has 23 heavy (non-hydrogen) atoms. The van der Waals surface area contributed by atoms with Crippen molar-refractivity contribution in [3.8, 4) is 0 Å². The van der Waals surface area contributed by atoms with Crippen molar-refractivity contribution in [1.29, 1.82) is 0 Å². The number of nitrogens with one attached hydrogen (secondary N) is 1. The van der Waals surface area contributed by atoms with Crippen LogP contribution in [-0.2, 0) is 17.6 Å². The van der Waals surface area contributed by atoms with Gasteiger partial charge in [-0.1, -0.05) is 32.5 Å². The van der Waals surface area contributed by atoms with E-state index < -0.39 is 0 Å². The fourth-order valence-corrected chi connectivity index (χ4v) is 5.13. The second kappa shape index (κ2) is 7.18. The quantitative estimate of drug-likeness (QED) is 0.661. The first kappa shape index (κ1) is 16.7. The number of fused-ring (bicyclic) bond motifs is 3. The molecule has 0 saturated carbocycles. The fourth-order valence-electron chi connectivity index (χ4n) is 2.86. The molecule has 0 fully saturated rings. The van der Waals surface area contributed by atoms with Gasteiger partial charge >= 0.3 is 0 Å². The highest BCUT2D eigenvalue weighted by Crippen LogP contribution is 2.40. The van der Waals surface area contributed by atoms with Gasteiger partial charge in [-0.15, -0.1) is 11.3 Å². The van der Waals surface area contributed by atoms with Gasteiger partial charge in [0.05, 0.1) is 5.75 Å². The molecule has 2 aromatic rings. The van der Waals surface area contributed by atoms with Crippen LogP contribution in [0.4, 0.5) is 0 Å². The third-order valence-electron chi connectivity index (χ3n) is 4.10. The normalized spacial score (nSPS) is 17.5. The molecule has 3 rings (SSSR count). The second-order valence-electron chi connectivity index (χ2n) is 6.70. The van der Waals surface area contributed by atoms with Crippen molar-refractivity contribution in [3.63, 3.8) is 0 Å². The molecular formula is C17H23N3OS2. The van der Waals surface area contributed by atoms with E-state index in [2.05, 4.69) is 36.1 Å². The van der Waals surface area contributed by atoms with Gasteiger partial charge in [-0.05, 0) is 36.7 Å². The summed E-state index contributed by atoms with van der Waals surface area (Å²) in [6.07, 6.45) is 5.11. The summed E-state index contributed by atoms with van der Waals surface area (Å²) in [5, 5.41) is 5.12. The first-order chi connectivity index (χ1) is 11.0. The number of hydrogen-bond acceptors (Lipinski definition) is 5. The first-order valence-electron chi connectivity index (χ1n) is 8.19. The standard InChI is InChI=1S/C17H23N3OS2/c1-10(2)7-18-14(21)8-22-16-15-12-5-4-11(3)6-13(12)23-17(15)20-9-19-16/h9-11H,4-8H2,1-3H3,(H,18,21)/t11-/m0/s1. The summed E-state index contributed by atoms with van der Waals surface area (Å²) < 4.78 is 0. The minimum Gasteiger partial charge on any atom is -0.355 e. The predicted molar refractivity (Wildman–Crippen MR) is 97.2 cm³/mol. The van der Waals surface area contributed by atoms with Crippen LogP contribution in [0, 0.1) is 11.8 Å². The average molecular weight is 350 g/mol. The third-order valence-corrected chi connectivity index (χ3v) is 6.26. The molecule has 1 atom stereocenters. The molecule has 0 aliphatic heterocycles. The smallest absolute Gasteiger partial charge is 0.230 e. The highest BCUT2D eigenvalue weighted by molar-refractivity contribution is 8.00. The van der Waals surface area contributed by atoms with Crippen molar-refractivity contribution in [2.75, 3.05) is 12.3 Å². The summed E-state index contributed by atoms with van der Waals surface area (Å²) in [7, 11) is 0. The number of thioether (sulfide) groups is 1. The molecule has 6 heteroatoms. The van der Waals surface area contributed by atoms with Crippen LogP contribution in [0.5, 0.6) is 0 Å². The topological polar surface area (TPSA) is 54.9 Å². The van der Waals surface area contributed by atoms with Crippen LogP contribution in [0.1, 0.15) is 37.6 Å². The number of carbonyl (C=O) groups is 1. The molecule has 0 radical (unpaired) electrons. The van der Waals surface area contributed by atoms with Crippen LogP contribution in [0.3, 0.4) is 0 Å². The summed E-state index contributed by atoms with van der Waals surface area (Å²) >= 11 is 3.33. The van der Waals surface area contributed by atoms with Crippen molar-refractivity contribution in [1.82, 2.24) is 15.3 Å². The molecule has 2 heterocycles. The van der Waals surface area contributed by atoms with Gasteiger partial charge in [-0.2, -0.15) is 0 Å². The van der Waals surface area contributed by atoms with Gasteiger partial charge in [0.15, 0.2) is 0 Å². The molecule has 1 amide bonds. The van der Waals surface area contributed by atoms with Gasteiger partial charge in [0.2, 0.25) is 5.91 Å². The van der Waals surface area contributed by atoms with Gasteiger partial charge in [0, 0.05) is 16.8 Å². The number of nitrogens with zero attached hydrogens (tertiary/aromatic N) is 2. The van der Waals surface area contributed by atoms with Gasteiger partial charge in [0.25, 0.3) is 0 Å². The number of hydrogen-bond donors (Lipinski definition) is 1. The van der Waals surface area contributed by atoms with Crippen LogP contribution in [0.15, 0.2) is 11.4 Å². The minimum absolute atomic E-state index is 0.0770. The number of amides is 1. The lowest BCUT2D eigenvalue weighted by atomic mass is 9.89. The zero-order valence-corrected chi connectivity index (χ0v) is 15.5. The van der Waals surface area contributed by atoms with E-state index in [1.54, 1.807) is 17.7 Å². The van der Waals surface area contributed by atoms with Crippen molar-refractivity contribution in [2.45, 2.75) is 45.1 Å². The highest BCUT2D eigenvalue weighted by atomic mass is 32.2. The Hall–Kier alpha value is -1.14. The Morgan fingerprint density at radius 2 is 2.30 bits per heavy atom. The van der Waals surface area contributed by atoms with Gasteiger partial charge in [0.1, 0.15) is 16.2 Å². The van der Waals surface area contributed by atoms with Crippen LogP contribution < -0.4 is 5.32 Å². The van der Waals surface area contributed by atoms with E-state index >= 15 is 0 Å². The molecule has 2 aromatic heterocycles. The Balaban J connectivity index is 1.77.